The van der Waals surface area contributed by atoms with Crippen LogP contribution in [0.4, 0.5) is 11.4 Å². The first kappa shape index (κ1) is 23.7. The summed E-state index contributed by atoms with van der Waals surface area (Å²) in [6, 6.07) is 6.79. The first-order chi connectivity index (χ1) is 15.8. The molecule has 3 heterocycles. The Hall–Kier alpha value is -2.47. The van der Waals surface area contributed by atoms with Crippen LogP contribution in [-0.2, 0) is 21.8 Å². The molecule has 0 atom stereocenters. The number of aryl methyl sites for hydroxylation is 2. The summed E-state index contributed by atoms with van der Waals surface area (Å²) in [6.45, 7) is 8.79. The van der Waals surface area contributed by atoms with Gasteiger partial charge in [0.2, 0.25) is 10.0 Å². The molecule has 0 saturated carbocycles. The number of sulfonamides is 1. The van der Waals surface area contributed by atoms with Crippen LogP contribution in [0.3, 0.4) is 0 Å². The molecule has 1 aliphatic heterocycles. The second kappa shape index (κ2) is 9.41. The first-order valence-corrected chi connectivity index (χ1v) is 13.2. The number of nitrogens with zero attached hydrogens (tertiary/aromatic N) is 4. The van der Waals surface area contributed by atoms with Gasteiger partial charge in [0, 0.05) is 38.6 Å². The van der Waals surface area contributed by atoms with Crippen LogP contribution in [0.5, 0.6) is 0 Å². The van der Waals surface area contributed by atoms with Gasteiger partial charge in [0.15, 0.2) is 0 Å². The van der Waals surface area contributed by atoms with E-state index in [0.29, 0.717) is 36.9 Å². The molecule has 11 heteroatoms. The summed E-state index contributed by atoms with van der Waals surface area (Å²) >= 11 is 1.36. The summed E-state index contributed by atoms with van der Waals surface area (Å²) in [4.78, 5) is 16.9. The topological polar surface area (TPSA) is 96.8 Å². The van der Waals surface area contributed by atoms with Crippen molar-refractivity contribution in [2.24, 2.45) is 7.05 Å². The molecule has 1 aromatic carbocycles. The standard InChI is InChI=1S/C22H29N5O4S2/c1-5-26(6-2)19-8-7-16(33(29,30)27-9-11-31-12-10-27)13-18(19)23-21(28)20-14-17-15(3)24-25(4)22(17)32-20/h7-8,13-14H,5-6,9-12H2,1-4H3,(H,23,28). The zero-order chi connectivity index (χ0) is 23.8. The third kappa shape index (κ3) is 4.50. The van der Waals surface area contributed by atoms with E-state index in [1.165, 1.54) is 15.6 Å². The molecule has 1 N–H and O–H groups in total. The summed E-state index contributed by atoms with van der Waals surface area (Å²) in [5, 5.41) is 8.30. The van der Waals surface area contributed by atoms with Gasteiger partial charge in [0.05, 0.1) is 40.1 Å². The second-order valence-electron chi connectivity index (χ2n) is 7.86. The number of benzene rings is 1. The number of carbonyl (C=O) groups is 1. The number of hydrogen-bond acceptors (Lipinski definition) is 7. The lowest BCUT2D eigenvalue weighted by molar-refractivity contribution is 0.0730. The van der Waals surface area contributed by atoms with Gasteiger partial charge < -0.3 is 15.0 Å². The number of nitrogens with one attached hydrogen (secondary N) is 1. The Morgan fingerprint density at radius 1 is 1.21 bits per heavy atom. The van der Waals surface area contributed by atoms with Crippen LogP contribution in [0, 0.1) is 6.92 Å². The van der Waals surface area contributed by atoms with Crippen molar-refractivity contribution in [3.05, 3.63) is 34.8 Å². The zero-order valence-corrected chi connectivity index (χ0v) is 20.9. The number of anilines is 2. The molecule has 1 saturated heterocycles. The van der Waals surface area contributed by atoms with Crippen LogP contribution in [-0.4, -0.2) is 67.8 Å². The molecule has 0 aliphatic carbocycles. The zero-order valence-electron chi connectivity index (χ0n) is 19.3. The molecule has 1 aliphatic rings. The van der Waals surface area contributed by atoms with Crippen LogP contribution >= 0.6 is 11.3 Å². The van der Waals surface area contributed by atoms with Crippen LogP contribution < -0.4 is 10.2 Å². The van der Waals surface area contributed by atoms with Crippen LogP contribution in [0.2, 0.25) is 0 Å². The molecular weight excluding hydrogens is 462 g/mol. The summed E-state index contributed by atoms with van der Waals surface area (Å²) in [5.74, 6) is -0.273. The number of aromatic nitrogens is 2. The number of ether oxygens (including phenoxy) is 1. The molecule has 2 aromatic heterocycles. The molecular formula is C22H29N5O4S2. The minimum absolute atomic E-state index is 0.159. The van der Waals surface area contributed by atoms with E-state index in [4.69, 9.17) is 4.74 Å². The Labute approximate surface area is 198 Å². The van der Waals surface area contributed by atoms with Gasteiger partial charge >= 0.3 is 0 Å². The van der Waals surface area contributed by atoms with Crippen LogP contribution in [0.25, 0.3) is 10.2 Å². The fourth-order valence-corrected chi connectivity index (χ4v) is 6.51. The maximum Gasteiger partial charge on any atom is 0.265 e. The quantitative estimate of drug-likeness (QED) is 0.546. The Balaban J connectivity index is 1.71. The third-order valence-corrected chi connectivity index (χ3v) is 8.94. The van der Waals surface area contributed by atoms with E-state index < -0.39 is 10.0 Å². The lowest BCUT2D eigenvalue weighted by atomic mass is 10.2. The number of morpholine rings is 1. The monoisotopic (exact) mass is 491 g/mol. The van der Waals surface area contributed by atoms with Crippen molar-refractivity contribution < 1.29 is 17.9 Å². The van der Waals surface area contributed by atoms with Gasteiger partial charge in [-0.15, -0.1) is 11.3 Å². The van der Waals surface area contributed by atoms with E-state index in [1.807, 2.05) is 33.9 Å². The Morgan fingerprint density at radius 2 is 1.91 bits per heavy atom. The van der Waals surface area contributed by atoms with Crippen LogP contribution in [0.15, 0.2) is 29.2 Å². The minimum atomic E-state index is -3.69. The van der Waals surface area contributed by atoms with Crippen LogP contribution in [0.1, 0.15) is 29.2 Å². The average Bonchev–Trinajstić information content (AvgIpc) is 3.37. The Morgan fingerprint density at radius 3 is 2.55 bits per heavy atom. The summed E-state index contributed by atoms with van der Waals surface area (Å²) in [5.41, 5.74) is 2.13. The summed E-state index contributed by atoms with van der Waals surface area (Å²) in [6.07, 6.45) is 0. The maximum absolute atomic E-state index is 13.2. The van der Waals surface area contributed by atoms with Crippen molar-refractivity contribution in [2.45, 2.75) is 25.7 Å². The highest BCUT2D eigenvalue weighted by atomic mass is 32.2. The molecule has 0 bridgehead atoms. The van der Waals surface area contributed by atoms with Gasteiger partial charge in [-0.25, -0.2) is 8.42 Å². The maximum atomic E-state index is 13.2. The van der Waals surface area contributed by atoms with Crippen molar-refractivity contribution in [3.8, 4) is 0 Å². The molecule has 0 radical (unpaired) electrons. The van der Waals surface area contributed by atoms with Crippen molar-refractivity contribution in [3.63, 3.8) is 0 Å². The van der Waals surface area contributed by atoms with Gasteiger partial charge in [-0.1, -0.05) is 0 Å². The highest BCUT2D eigenvalue weighted by Crippen LogP contribution is 2.33. The normalized spacial score (nSPS) is 15.2. The molecule has 3 aromatic rings. The fraction of sp³-hybridized carbons (Fsp3) is 0.455. The molecule has 33 heavy (non-hydrogen) atoms. The van der Waals surface area contributed by atoms with E-state index in [1.54, 1.807) is 22.9 Å². The summed E-state index contributed by atoms with van der Waals surface area (Å²) < 4.78 is 34.9. The van der Waals surface area contributed by atoms with Gasteiger partial charge in [-0.3, -0.25) is 9.48 Å². The number of amides is 1. The SMILES string of the molecule is CCN(CC)c1ccc(S(=O)(=O)N2CCOCC2)cc1NC(=O)c1cc2c(C)nn(C)c2s1. The number of hydrogen-bond donors (Lipinski definition) is 1. The molecule has 1 fully saturated rings. The minimum Gasteiger partial charge on any atom is -0.379 e. The largest absolute Gasteiger partial charge is 0.379 e. The van der Waals surface area contributed by atoms with Crippen molar-refractivity contribution in [2.75, 3.05) is 49.6 Å². The number of carbonyl (C=O) groups excluding carboxylic acids is 1. The molecule has 0 unspecified atom stereocenters. The predicted octanol–water partition coefficient (Wildman–Crippen LogP) is 3.06. The highest BCUT2D eigenvalue weighted by molar-refractivity contribution is 7.89. The van der Waals surface area contributed by atoms with E-state index in [2.05, 4.69) is 15.3 Å². The average molecular weight is 492 g/mol. The predicted molar refractivity (Wildman–Crippen MR) is 131 cm³/mol. The van der Waals surface area contributed by atoms with E-state index in [9.17, 15) is 13.2 Å². The lowest BCUT2D eigenvalue weighted by Crippen LogP contribution is -2.40. The molecule has 178 valence electrons. The lowest BCUT2D eigenvalue weighted by Gasteiger charge is -2.28. The molecule has 4 rings (SSSR count). The Bertz CT molecular complexity index is 1240. The number of rotatable bonds is 7. The molecule has 0 spiro atoms. The van der Waals surface area contributed by atoms with Gasteiger partial charge in [0.25, 0.3) is 5.91 Å². The Kier molecular flexibility index (Phi) is 6.76. The number of thiophene rings is 1. The van der Waals surface area contributed by atoms with Gasteiger partial charge in [-0.05, 0) is 45.0 Å². The smallest absolute Gasteiger partial charge is 0.265 e. The molecule has 9 nitrogen and oxygen atoms in total. The van der Waals surface area contributed by atoms with E-state index >= 15 is 0 Å². The van der Waals surface area contributed by atoms with Crippen molar-refractivity contribution in [1.29, 1.82) is 0 Å². The van der Waals surface area contributed by atoms with Gasteiger partial charge in [0.1, 0.15) is 4.83 Å². The van der Waals surface area contributed by atoms with E-state index in [-0.39, 0.29) is 10.8 Å². The molecule has 1 amide bonds. The van der Waals surface area contributed by atoms with E-state index in [0.717, 1.165) is 34.7 Å². The first-order valence-electron chi connectivity index (χ1n) is 11.0. The van der Waals surface area contributed by atoms with Gasteiger partial charge in [-0.2, -0.15) is 9.40 Å². The summed E-state index contributed by atoms with van der Waals surface area (Å²) in [7, 11) is -1.84. The third-order valence-electron chi connectivity index (χ3n) is 5.85. The number of fused-ring (bicyclic) bond motifs is 1. The van der Waals surface area contributed by atoms with Crippen molar-refractivity contribution >= 4 is 48.9 Å². The fourth-order valence-electron chi connectivity index (χ4n) is 4.05. The highest BCUT2D eigenvalue weighted by Gasteiger charge is 2.28. The van der Waals surface area contributed by atoms with Crippen molar-refractivity contribution in [1.82, 2.24) is 14.1 Å². The second-order valence-corrected chi connectivity index (χ2v) is 10.8.